The molecule has 134 valence electrons. The SMILES string of the molecule is CCSC1=C(c2ccc(OC)cc2)C(=O)N(Cc2ccc(Cl)cc2)C1=O. The van der Waals surface area contributed by atoms with Crippen LogP contribution in [0.5, 0.6) is 5.75 Å². The van der Waals surface area contributed by atoms with Gasteiger partial charge in [-0.25, -0.2) is 0 Å². The van der Waals surface area contributed by atoms with E-state index < -0.39 is 0 Å². The van der Waals surface area contributed by atoms with E-state index >= 15 is 0 Å². The molecule has 0 fully saturated rings. The average Bonchev–Trinajstić information content (AvgIpc) is 2.88. The van der Waals surface area contributed by atoms with Gasteiger partial charge in [0.15, 0.2) is 0 Å². The van der Waals surface area contributed by atoms with Crippen molar-refractivity contribution < 1.29 is 14.3 Å². The lowest BCUT2D eigenvalue weighted by molar-refractivity contribution is -0.137. The minimum atomic E-state index is -0.272. The van der Waals surface area contributed by atoms with Crippen molar-refractivity contribution in [2.45, 2.75) is 13.5 Å². The molecule has 0 spiro atoms. The van der Waals surface area contributed by atoms with Crippen molar-refractivity contribution in [3.05, 3.63) is 69.6 Å². The van der Waals surface area contributed by atoms with E-state index in [1.807, 2.05) is 19.1 Å². The van der Waals surface area contributed by atoms with Gasteiger partial charge in [-0.3, -0.25) is 14.5 Å². The van der Waals surface area contributed by atoms with Crippen LogP contribution in [0.15, 0.2) is 53.4 Å². The van der Waals surface area contributed by atoms with E-state index in [1.54, 1.807) is 43.5 Å². The molecule has 0 bridgehead atoms. The highest BCUT2D eigenvalue weighted by Crippen LogP contribution is 2.37. The van der Waals surface area contributed by atoms with Crippen LogP contribution in [0.1, 0.15) is 18.1 Å². The van der Waals surface area contributed by atoms with E-state index in [2.05, 4.69) is 0 Å². The van der Waals surface area contributed by atoms with Gasteiger partial charge in [-0.2, -0.15) is 0 Å². The van der Waals surface area contributed by atoms with Gasteiger partial charge in [0, 0.05) is 5.02 Å². The third-order valence-electron chi connectivity index (χ3n) is 4.05. The number of ether oxygens (including phenoxy) is 1. The molecule has 4 nitrogen and oxygen atoms in total. The molecule has 0 radical (unpaired) electrons. The average molecular weight is 388 g/mol. The fraction of sp³-hybridized carbons (Fsp3) is 0.200. The Morgan fingerprint density at radius 2 is 1.65 bits per heavy atom. The standard InChI is InChI=1S/C20H18ClNO3S/c1-3-26-18-17(14-6-10-16(25-2)11-7-14)19(23)22(20(18)24)12-13-4-8-15(21)9-5-13/h4-11H,3,12H2,1-2H3. The summed E-state index contributed by atoms with van der Waals surface area (Å²) in [5.74, 6) is 0.894. The van der Waals surface area contributed by atoms with Crippen molar-refractivity contribution in [2.75, 3.05) is 12.9 Å². The van der Waals surface area contributed by atoms with Crippen molar-refractivity contribution in [3.8, 4) is 5.75 Å². The van der Waals surface area contributed by atoms with Crippen LogP contribution < -0.4 is 4.74 Å². The third-order valence-corrected chi connectivity index (χ3v) is 5.25. The third kappa shape index (κ3) is 3.64. The number of carbonyl (C=O) groups is 2. The zero-order chi connectivity index (χ0) is 18.7. The van der Waals surface area contributed by atoms with E-state index in [4.69, 9.17) is 16.3 Å². The summed E-state index contributed by atoms with van der Waals surface area (Å²) in [5.41, 5.74) is 2.03. The molecule has 1 aliphatic heterocycles. The number of nitrogens with zero attached hydrogens (tertiary/aromatic N) is 1. The maximum absolute atomic E-state index is 13.0. The summed E-state index contributed by atoms with van der Waals surface area (Å²) in [4.78, 5) is 27.7. The van der Waals surface area contributed by atoms with E-state index in [1.165, 1.54) is 16.7 Å². The second-order valence-corrected chi connectivity index (χ2v) is 7.40. The number of carbonyl (C=O) groups excluding carboxylic acids is 2. The minimum absolute atomic E-state index is 0.224. The first kappa shape index (κ1) is 18.5. The summed E-state index contributed by atoms with van der Waals surface area (Å²) in [6, 6.07) is 14.3. The molecule has 0 aliphatic carbocycles. The van der Waals surface area contributed by atoms with Gasteiger partial charge in [0.25, 0.3) is 11.8 Å². The number of hydrogen-bond donors (Lipinski definition) is 0. The molecule has 0 atom stereocenters. The predicted octanol–water partition coefficient (Wildman–Crippen LogP) is 4.38. The number of hydrogen-bond acceptors (Lipinski definition) is 4. The van der Waals surface area contributed by atoms with Crippen LogP contribution in [0.25, 0.3) is 5.57 Å². The summed E-state index contributed by atoms with van der Waals surface area (Å²) in [6.45, 7) is 2.19. The van der Waals surface area contributed by atoms with Crippen LogP contribution in [-0.4, -0.2) is 29.6 Å². The Hall–Kier alpha value is -2.24. The number of methoxy groups -OCH3 is 1. The van der Waals surface area contributed by atoms with Gasteiger partial charge in [0.05, 0.1) is 24.1 Å². The highest BCUT2D eigenvalue weighted by atomic mass is 35.5. The summed E-state index contributed by atoms with van der Waals surface area (Å²) in [5, 5.41) is 0.618. The number of rotatable bonds is 6. The van der Waals surface area contributed by atoms with Gasteiger partial charge in [0.2, 0.25) is 0 Å². The molecule has 2 aromatic carbocycles. The van der Waals surface area contributed by atoms with Crippen molar-refractivity contribution in [1.29, 1.82) is 0 Å². The van der Waals surface area contributed by atoms with Crippen molar-refractivity contribution in [2.24, 2.45) is 0 Å². The van der Waals surface area contributed by atoms with Crippen LogP contribution in [0.4, 0.5) is 0 Å². The first-order valence-electron chi connectivity index (χ1n) is 8.17. The first-order chi connectivity index (χ1) is 12.5. The quantitative estimate of drug-likeness (QED) is 0.690. The fourth-order valence-electron chi connectivity index (χ4n) is 2.76. The largest absolute Gasteiger partial charge is 0.497 e. The second-order valence-electron chi connectivity index (χ2n) is 5.69. The van der Waals surface area contributed by atoms with Gasteiger partial charge < -0.3 is 4.74 Å². The molecule has 1 aliphatic rings. The Kier molecular flexibility index (Phi) is 5.69. The van der Waals surface area contributed by atoms with Crippen LogP contribution in [0.3, 0.4) is 0 Å². The van der Waals surface area contributed by atoms with Gasteiger partial charge in [-0.15, -0.1) is 11.8 Å². The van der Waals surface area contributed by atoms with Crippen LogP contribution in [0.2, 0.25) is 5.02 Å². The van der Waals surface area contributed by atoms with Crippen LogP contribution >= 0.6 is 23.4 Å². The van der Waals surface area contributed by atoms with Gasteiger partial charge in [-0.05, 0) is 41.1 Å². The topological polar surface area (TPSA) is 46.6 Å². The lowest BCUT2D eigenvalue weighted by Gasteiger charge is -2.15. The number of thioether (sulfide) groups is 1. The molecule has 1 heterocycles. The zero-order valence-electron chi connectivity index (χ0n) is 14.5. The number of benzene rings is 2. The Morgan fingerprint density at radius 3 is 2.23 bits per heavy atom. The molecule has 3 rings (SSSR count). The molecule has 0 N–H and O–H groups in total. The normalized spacial score (nSPS) is 14.3. The lowest BCUT2D eigenvalue weighted by Crippen LogP contribution is -2.30. The maximum Gasteiger partial charge on any atom is 0.268 e. The molecular weight excluding hydrogens is 370 g/mol. The van der Waals surface area contributed by atoms with Crippen molar-refractivity contribution in [3.63, 3.8) is 0 Å². The minimum Gasteiger partial charge on any atom is -0.497 e. The highest BCUT2D eigenvalue weighted by Gasteiger charge is 2.38. The summed E-state index contributed by atoms with van der Waals surface area (Å²) < 4.78 is 5.17. The first-order valence-corrected chi connectivity index (χ1v) is 9.53. The van der Waals surface area contributed by atoms with Crippen LogP contribution in [0, 0.1) is 0 Å². The Morgan fingerprint density at radius 1 is 1.00 bits per heavy atom. The number of halogens is 1. The van der Waals surface area contributed by atoms with Gasteiger partial charge in [-0.1, -0.05) is 42.8 Å². The molecule has 6 heteroatoms. The molecule has 2 aromatic rings. The Bertz CT molecular complexity index is 860. The lowest BCUT2D eigenvalue weighted by atomic mass is 10.1. The molecule has 0 unspecified atom stereocenters. The van der Waals surface area contributed by atoms with Crippen LogP contribution in [-0.2, 0) is 16.1 Å². The van der Waals surface area contributed by atoms with Gasteiger partial charge >= 0.3 is 0 Å². The summed E-state index contributed by atoms with van der Waals surface area (Å²) in [6.07, 6.45) is 0. The Balaban J connectivity index is 1.93. The second kappa shape index (κ2) is 7.98. The maximum atomic E-state index is 13.0. The van der Waals surface area contributed by atoms with E-state index in [0.717, 1.165) is 11.1 Å². The fourth-order valence-corrected chi connectivity index (χ4v) is 3.76. The predicted molar refractivity (Wildman–Crippen MR) is 105 cm³/mol. The van der Waals surface area contributed by atoms with E-state index in [-0.39, 0.29) is 18.4 Å². The van der Waals surface area contributed by atoms with Crippen molar-refractivity contribution >= 4 is 40.8 Å². The molecule has 2 amide bonds. The molecule has 0 aromatic heterocycles. The summed E-state index contributed by atoms with van der Waals surface area (Å²) >= 11 is 7.30. The molecule has 0 saturated carbocycles. The summed E-state index contributed by atoms with van der Waals surface area (Å²) in [7, 11) is 1.59. The molecular formula is C20H18ClNO3S. The zero-order valence-corrected chi connectivity index (χ0v) is 16.1. The number of amides is 2. The van der Waals surface area contributed by atoms with Crippen molar-refractivity contribution in [1.82, 2.24) is 4.90 Å². The van der Waals surface area contributed by atoms with E-state index in [0.29, 0.717) is 27.0 Å². The van der Waals surface area contributed by atoms with Gasteiger partial charge in [0.1, 0.15) is 5.75 Å². The highest BCUT2D eigenvalue weighted by molar-refractivity contribution is 8.04. The molecule has 0 saturated heterocycles. The smallest absolute Gasteiger partial charge is 0.268 e. The molecule has 26 heavy (non-hydrogen) atoms. The van der Waals surface area contributed by atoms with E-state index in [9.17, 15) is 9.59 Å². The monoisotopic (exact) mass is 387 g/mol. The number of imide groups is 1. The Labute approximate surface area is 161 Å².